The van der Waals surface area contributed by atoms with Gasteiger partial charge >= 0.3 is 0 Å². The lowest BCUT2D eigenvalue weighted by Crippen LogP contribution is -2.44. The first kappa shape index (κ1) is 15.9. The average molecular weight is 362 g/mol. The molecule has 0 aliphatic heterocycles. The van der Waals surface area contributed by atoms with Gasteiger partial charge in [-0.15, -0.1) is 0 Å². The first-order valence-corrected chi connectivity index (χ1v) is 9.43. The highest BCUT2D eigenvalue weighted by Gasteiger charge is 2.30. The highest BCUT2D eigenvalue weighted by Crippen LogP contribution is 2.27. The summed E-state index contributed by atoms with van der Waals surface area (Å²) in [6.45, 7) is 0.0928. The molecule has 4 nitrogen and oxygen atoms in total. The molecule has 1 fully saturated rings. The molecule has 20 heavy (non-hydrogen) atoms. The fraction of sp³-hybridized carbons (Fsp3) is 0.571. The minimum absolute atomic E-state index is 0.0928. The van der Waals surface area contributed by atoms with Gasteiger partial charge in [0.1, 0.15) is 0 Å². The van der Waals surface area contributed by atoms with E-state index >= 15 is 0 Å². The average Bonchev–Trinajstić information content (AvgIpc) is 2.46. The van der Waals surface area contributed by atoms with Gasteiger partial charge in [0.15, 0.2) is 0 Å². The summed E-state index contributed by atoms with van der Waals surface area (Å²) in [5.41, 5.74) is 0.135. The van der Waals surface area contributed by atoms with Crippen LogP contribution in [0.4, 0.5) is 0 Å². The van der Waals surface area contributed by atoms with Crippen LogP contribution in [-0.4, -0.2) is 25.7 Å². The molecular weight excluding hydrogens is 342 g/mol. The van der Waals surface area contributed by atoms with Crippen molar-refractivity contribution in [3.8, 4) is 0 Å². The second-order valence-electron chi connectivity index (χ2n) is 5.39. The number of benzene rings is 1. The lowest BCUT2D eigenvalue weighted by molar-refractivity contribution is 0.00945. The predicted octanol–water partition coefficient (Wildman–Crippen LogP) is 2.55. The van der Waals surface area contributed by atoms with Crippen molar-refractivity contribution in [2.45, 2.75) is 47.9 Å². The van der Waals surface area contributed by atoms with E-state index in [1.165, 1.54) is 0 Å². The van der Waals surface area contributed by atoms with Crippen LogP contribution in [-0.2, 0) is 15.4 Å². The second kappa shape index (κ2) is 6.56. The molecule has 1 saturated carbocycles. The third-order valence-corrected chi connectivity index (χ3v) is 5.83. The van der Waals surface area contributed by atoms with Gasteiger partial charge in [-0.1, -0.05) is 47.3 Å². The fourth-order valence-electron chi connectivity index (χ4n) is 2.46. The quantitative estimate of drug-likeness (QED) is 0.792. The minimum atomic E-state index is -3.55. The maximum absolute atomic E-state index is 12.2. The first-order chi connectivity index (χ1) is 9.45. The molecule has 1 aliphatic carbocycles. The SMILES string of the molecule is O=S(=O)(NCC1(O)CCCCC1)c1ccc(CBr)cc1. The van der Waals surface area contributed by atoms with Crippen LogP contribution in [0, 0.1) is 0 Å². The number of hydrogen-bond acceptors (Lipinski definition) is 3. The molecule has 1 aliphatic rings. The largest absolute Gasteiger partial charge is 0.389 e. The van der Waals surface area contributed by atoms with Crippen molar-refractivity contribution in [1.29, 1.82) is 0 Å². The number of sulfonamides is 1. The molecule has 0 atom stereocenters. The molecule has 1 aromatic carbocycles. The van der Waals surface area contributed by atoms with E-state index in [1.807, 2.05) is 0 Å². The molecule has 112 valence electrons. The van der Waals surface area contributed by atoms with Crippen LogP contribution in [0.25, 0.3) is 0 Å². The topological polar surface area (TPSA) is 66.4 Å². The van der Waals surface area contributed by atoms with Crippen molar-refractivity contribution in [2.75, 3.05) is 6.54 Å². The van der Waals surface area contributed by atoms with Gasteiger partial charge < -0.3 is 5.11 Å². The first-order valence-electron chi connectivity index (χ1n) is 6.82. The molecule has 0 unspecified atom stereocenters. The maximum Gasteiger partial charge on any atom is 0.240 e. The van der Waals surface area contributed by atoms with Crippen LogP contribution in [0.2, 0.25) is 0 Å². The standard InChI is InChI=1S/C14H20BrNO3S/c15-10-12-4-6-13(7-5-12)20(18,19)16-11-14(17)8-2-1-3-9-14/h4-7,16-17H,1-3,8-11H2. The summed E-state index contributed by atoms with van der Waals surface area (Å²) < 4.78 is 26.9. The molecular formula is C14H20BrNO3S. The maximum atomic E-state index is 12.2. The summed E-state index contributed by atoms with van der Waals surface area (Å²) >= 11 is 3.32. The van der Waals surface area contributed by atoms with E-state index in [1.54, 1.807) is 24.3 Å². The van der Waals surface area contributed by atoms with Gasteiger partial charge in [-0.05, 0) is 30.5 Å². The monoisotopic (exact) mass is 361 g/mol. The Balaban J connectivity index is 2.02. The fourth-order valence-corrected chi connectivity index (χ4v) is 3.95. The number of rotatable bonds is 5. The molecule has 0 radical (unpaired) electrons. The van der Waals surface area contributed by atoms with E-state index in [9.17, 15) is 13.5 Å². The Morgan fingerprint density at radius 3 is 2.30 bits per heavy atom. The molecule has 1 aromatic rings. The molecule has 0 aromatic heterocycles. The molecule has 2 N–H and O–H groups in total. The molecule has 0 saturated heterocycles. The summed E-state index contributed by atoms with van der Waals surface area (Å²) in [6, 6.07) is 6.73. The van der Waals surface area contributed by atoms with Gasteiger partial charge in [0.05, 0.1) is 10.5 Å². The van der Waals surface area contributed by atoms with E-state index < -0.39 is 15.6 Å². The van der Waals surface area contributed by atoms with Crippen LogP contribution in [0.3, 0.4) is 0 Å². The third kappa shape index (κ3) is 4.04. The number of nitrogens with one attached hydrogen (secondary N) is 1. The molecule has 0 amide bonds. The highest BCUT2D eigenvalue weighted by atomic mass is 79.9. The van der Waals surface area contributed by atoms with E-state index in [0.717, 1.165) is 24.8 Å². The van der Waals surface area contributed by atoms with Crippen molar-refractivity contribution in [2.24, 2.45) is 0 Å². The molecule has 0 heterocycles. The summed E-state index contributed by atoms with van der Waals surface area (Å²) in [6.07, 6.45) is 4.36. The summed E-state index contributed by atoms with van der Waals surface area (Å²) in [5.74, 6) is 0. The lowest BCUT2D eigenvalue weighted by atomic mass is 9.85. The van der Waals surface area contributed by atoms with Crippen molar-refractivity contribution in [3.05, 3.63) is 29.8 Å². The smallest absolute Gasteiger partial charge is 0.240 e. The van der Waals surface area contributed by atoms with Crippen molar-refractivity contribution in [3.63, 3.8) is 0 Å². The van der Waals surface area contributed by atoms with E-state index in [-0.39, 0.29) is 11.4 Å². The van der Waals surface area contributed by atoms with Crippen LogP contribution in [0.1, 0.15) is 37.7 Å². The van der Waals surface area contributed by atoms with Gasteiger partial charge in [-0.25, -0.2) is 13.1 Å². The zero-order chi connectivity index (χ0) is 14.6. The van der Waals surface area contributed by atoms with Gasteiger partial charge in [0.25, 0.3) is 0 Å². The molecule has 2 rings (SSSR count). The number of alkyl halides is 1. The van der Waals surface area contributed by atoms with Gasteiger partial charge in [0, 0.05) is 11.9 Å². The van der Waals surface area contributed by atoms with Crippen LogP contribution in [0.15, 0.2) is 29.2 Å². The summed E-state index contributed by atoms with van der Waals surface area (Å²) in [5, 5.41) is 11.0. The van der Waals surface area contributed by atoms with Gasteiger partial charge in [-0.2, -0.15) is 0 Å². The molecule has 0 spiro atoms. The van der Waals surface area contributed by atoms with Crippen LogP contribution >= 0.6 is 15.9 Å². The number of aliphatic hydroxyl groups is 1. The lowest BCUT2D eigenvalue weighted by Gasteiger charge is -2.32. The zero-order valence-electron chi connectivity index (χ0n) is 11.3. The summed E-state index contributed by atoms with van der Waals surface area (Å²) in [4.78, 5) is 0.238. The van der Waals surface area contributed by atoms with Crippen molar-refractivity contribution >= 4 is 26.0 Å². The normalized spacial score (nSPS) is 18.9. The third-order valence-electron chi connectivity index (χ3n) is 3.76. The highest BCUT2D eigenvalue weighted by molar-refractivity contribution is 9.08. The second-order valence-corrected chi connectivity index (χ2v) is 7.71. The van der Waals surface area contributed by atoms with Gasteiger partial charge in [0.2, 0.25) is 10.0 Å². The van der Waals surface area contributed by atoms with E-state index in [4.69, 9.17) is 0 Å². The Hall–Kier alpha value is -0.430. The summed E-state index contributed by atoms with van der Waals surface area (Å²) in [7, 11) is -3.55. The zero-order valence-corrected chi connectivity index (χ0v) is 13.7. The predicted molar refractivity (Wildman–Crippen MR) is 82.3 cm³/mol. The Morgan fingerprint density at radius 1 is 1.15 bits per heavy atom. The number of halogens is 1. The molecule has 0 bridgehead atoms. The van der Waals surface area contributed by atoms with E-state index in [2.05, 4.69) is 20.7 Å². The van der Waals surface area contributed by atoms with Crippen LogP contribution in [0.5, 0.6) is 0 Å². The van der Waals surface area contributed by atoms with E-state index in [0.29, 0.717) is 18.2 Å². The Labute approximate surface area is 128 Å². The Kier molecular flexibility index (Phi) is 5.23. The minimum Gasteiger partial charge on any atom is -0.389 e. The van der Waals surface area contributed by atoms with Crippen molar-refractivity contribution in [1.82, 2.24) is 4.72 Å². The Morgan fingerprint density at radius 2 is 1.75 bits per heavy atom. The number of hydrogen-bond donors (Lipinski definition) is 2. The Bertz CT molecular complexity index is 536. The van der Waals surface area contributed by atoms with Crippen LogP contribution < -0.4 is 4.72 Å². The van der Waals surface area contributed by atoms with Gasteiger partial charge in [-0.3, -0.25) is 0 Å². The van der Waals surface area contributed by atoms with Crippen molar-refractivity contribution < 1.29 is 13.5 Å². The molecule has 6 heteroatoms.